The molecule has 0 saturated carbocycles. The molecule has 0 saturated heterocycles. The quantitative estimate of drug-likeness (QED) is 0.190. The summed E-state index contributed by atoms with van der Waals surface area (Å²) in [4.78, 5) is 4.71. The first-order chi connectivity index (χ1) is 19.1. The fourth-order valence-corrected chi connectivity index (χ4v) is 5.81. The molecule has 1 heterocycles. The lowest BCUT2D eigenvalue weighted by Gasteiger charge is -2.37. The van der Waals surface area contributed by atoms with Crippen molar-refractivity contribution in [3.05, 3.63) is 130 Å². The van der Waals surface area contributed by atoms with Crippen LogP contribution in [0.4, 0.5) is 11.4 Å². The number of nitrogens with zero attached hydrogens (tertiary/aromatic N) is 1. The highest BCUT2D eigenvalue weighted by Crippen LogP contribution is 2.50. The second-order valence-electron chi connectivity index (χ2n) is 10.2. The number of methoxy groups -OCH3 is 1. The number of rotatable bonds is 7. The van der Waals surface area contributed by atoms with E-state index in [1.54, 1.807) is 7.11 Å². The van der Waals surface area contributed by atoms with Gasteiger partial charge in [0.2, 0.25) is 0 Å². The van der Waals surface area contributed by atoms with Crippen LogP contribution in [0.5, 0.6) is 11.5 Å². The molecule has 3 atom stereocenters. The Kier molecular flexibility index (Phi) is 7.12. The summed E-state index contributed by atoms with van der Waals surface area (Å²) in [5.41, 5.74) is 8.03. The molecule has 0 bridgehead atoms. The summed E-state index contributed by atoms with van der Waals surface area (Å²) in [6, 6.07) is 29.1. The molecule has 196 valence electrons. The largest absolute Gasteiger partial charge is 0.493 e. The van der Waals surface area contributed by atoms with E-state index in [0.29, 0.717) is 35.0 Å². The van der Waals surface area contributed by atoms with E-state index in [9.17, 15) is 0 Å². The summed E-state index contributed by atoms with van der Waals surface area (Å²) in [5.74, 6) is 2.31. The van der Waals surface area contributed by atoms with Gasteiger partial charge in [0.15, 0.2) is 11.5 Å². The number of hydrogen-bond donors (Lipinski definition) is 1. The Hall–Kier alpha value is -4.02. The summed E-state index contributed by atoms with van der Waals surface area (Å²) in [6.45, 7) is 2.54. The van der Waals surface area contributed by atoms with Gasteiger partial charge in [-0.15, -0.1) is 0 Å². The first-order valence-electron chi connectivity index (χ1n) is 13.3. The molecule has 0 unspecified atom stereocenters. The van der Waals surface area contributed by atoms with Gasteiger partial charge in [0.05, 0.1) is 18.8 Å². The molecule has 1 N–H and O–H groups in total. The Labute approximate surface area is 235 Å². The van der Waals surface area contributed by atoms with Crippen LogP contribution in [0.2, 0.25) is 5.02 Å². The smallest absolute Gasteiger partial charge is 0.161 e. The summed E-state index contributed by atoms with van der Waals surface area (Å²) in [7, 11) is 1.64. The van der Waals surface area contributed by atoms with Crippen molar-refractivity contribution in [2.45, 2.75) is 31.9 Å². The molecule has 4 aromatic carbocycles. The van der Waals surface area contributed by atoms with Crippen molar-refractivity contribution in [1.82, 2.24) is 0 Å². The number of hydrogen-bond acceptors (Lipinski definition) is 4. The van der Waals surface area contributed by atoms with E-state index >= 15 is 0 Å². The number of anilines is 1. The maximum Gasteiger partial charge on any atom is 0.161 e. The monoisotopic (exact) mass is 534 g/mol. The minimum atomic E-state index is 0.279. The Morgan fingerprint density at radius 3 is 2.64 bits per heavy atom. The van der Waals surface area contributed by atoms with Crippen molar-refractivity contribution in [2.24, 2.45) is 10.9 Å². The van der Waals surface area contributed by atoms with Gasteiger partial charge in [0.1, 0.15) is 6.61 Å². The van der Waals surface area contributed by atoms with Gasteiger partial charge in [-0.2, -0.15) is 0 Å². The number of fused-ring (bicyclic) bond motifs is 3. The van der Waals surface area contributed by atoms with E-state index in [4.69, 9.17) is 26.1 Å². The molecule has 1 aliphatic heterocycles. The minimum Gasteiger partial charge on any atom is -0.493 e. The number of nitrogens with one attached hydrogen (secondary N) is 1. The van der Waals surface area contributed by atoms with E-state index < -0.39 is 0 Å². The lowest BCUT2D eigenvalue weighted by atomic mass is 9.76. The zero-order valence-corrected chi connectivity index (χ0v) is 22.9. The zero-order valence-electron chi connectivity index (χ0n) is 22.1. The molecule has 0 amide bonds. The number of ether oxygens (including phenoxy) is 2. The number of aryl methyl sites for hydroxylation is 1. The van der Waals surface area contributed by atoms with E-state index in [0.717, 1.165) is 23.2 Å². The molecule has 1 aliphatic carbocycles. The van der Waals surface area contributed by atoms with Crippen LogP contribution in [-0.2, 0) is 6.61 Å². The van der Waals surface area contributed by atoms with Gasteiger partial charge in [-0.3, -0.25) is 4.99 Å². The lowest BCUT2D eigenvalue weighted by Crippen LogP contribution is -2.29. The standard InChI is InChI=1S/C34H31ClN2O2/c1-22-10-16-31-29(18-22)27-7-5-8-28(27)34(37-31)24-12-14-26(15-13-24)36-20-23-11-17-32(33(19-23)38-2)39-21-25-6-3-4-9-30(25)35/h3-7,9-20,27-28,34,37H,8,21H2,1-2H3/t27-,28-,34-/m0/s1. The first kappa shape index (κ1) is 25.3. The van der Waals surface area contributed by atoms with Crippen LogP contribution in [-0.4, -0.2) is 13.3 Å². The third-order valence-electron chi connectivity index (χ3n) is 7.66. The Bertz CT molecular complexity index is 1540. The highest BCUT2D eigenvalue weighted by Gasteiger charge is 2.37. The van der Waals surface area contributed by atoms with Gasteiger partial charge in [0.25, 0.3) is 0 Å². The number of benzene rings is 4. The van der Waals surface area contributed by atoms with Crippen molar-refractivity contribution in [3.63, 3.8) is 0 Å². The van der Waals surface area contributed by atoms with Crippen LogP contribution in [0.15, 0.2) is 102 Å². The molecule has 0 fully saturated rings. The Morgan fingerprint density at radius 2 is 1.82 bits per heavy atom. The van der Waals surface area contributed by atoms with Crippen LogP contribution in [0.3, 0.4) is 0 Å². The predicted molar refractivity (Wildman–Crippen MR) is 160 cm³/mol. The van der Waals surface area contributed by atoms with E-state index in [1.807, 2.05) is 48.7 Å². The van der Waals surface area contributed by atoms with Crippen LogP contribution in [0.1, 0.15) is 46.2 Å². The highest BCUT2D eigenvalue weighted by atomic mass is 35.5. The first-order valence-corrected chi connectivity index (χ1v) is 13.7. The van der Waals surface area contributed by atoms with Crippen molar-refractivity contribution >= 4 is 29.2 Å². The molecule has 6 rings (SSSR count). The Balaban J connectivity index is 1.15. The van der Waals surface area contributed by atoms with E-state index in [1.165, 1.54) is 22.4 Å². The van der Waals surface area contributed by atoms with Crippen LogP contribution in [0.25, 0.3) is 0 Å². The second-order valence-corrected chi connectivity index (χ2v) is 10.6. The van der Waals surface area contributed by atoms with E-state index in [2.05, 4.69) is 66.9 Å². The van der Waals surface area contributed by atoms with Crippen molar-refractivity contribution in [2.75, 3.05) is 12.4 Å². The highest BCUT2D eigenvalue weighted by molar-refractivity contribution is 6.31. The van der Waals surface area contributed by atoms with Gasteiger partial charge in [-0.25, -0.2) is 0 Å². The second kappa shape index (κ2) is 11.0. The molecular formula is C34H31ClN2O2. The van der Waals surface area contributed by atoms with Gasteiger partial charge >= 0.3 is 0 Å². The number of allylic oxidation sites excluding steroid dienone is 2. The SMILES string of the molecule is COc1cc(C=Nc2ccc([C@@H]3Nc4ccc(C)cc4[C@H]4C=CC[C@@H]43)cc2)ccc1OCc1ccccc1Cl. The molecule has 5 heteroatoms. The molecule has 4 aromatic rings. The predicted octanol–water partition coefficient (Wildman–Crippen LogP) is 8.81. The molecule has 0 spiro atoms. The van der Waals surface area contributed by atoms with Crippen molar-refractivity contribution in [1.29, 1.82) is 0 Å². The topological polar surface area (TPSA) is 42.8 Å². The minimum absolute atomic E-state index is 0.279. The van der Waals surface area contributed by atoms with Gasteiger partial charge in [-0.05, 0) is 78.4 Å². The summed E-state index contributed by atoms with van der Waals surface area (Å²) < 4.78 is 11.6. The number of halogens is 1. The third kappa shape index (κ3) is 5.30. The summed E-state index contributed by atoms with van der Waals surface area (Å²) in [6.07, 6.45) is 7.66. The molecule has 0 radical (unpaired) electrons. The van der Waals surface area contributed by atoms with Crippen molar-refractivity contribution in [3.8, 4) is 11.5 Å². The molecule has 4 nitrogen and oxygen atoms in total. The molecule has 2 aliphatic rings. The average Bonchev–Trinajstić information content (AvgIpc) is 3.46. The Morgan fingerprint density at radius 1 is 0.974 bits per heavy atom. The van der Waals surface area contributed by atoms with Gasteiger partial charge in [-0.1, -0.05) is 71.8 Å². The maximum atomic E-state index is 6.26. The van der Waals surface area contributed by atoms with E-state index in [-0.39, 0.29) is 6.04 Å². The molecule has 39 heavy (non-hydrogen) atoms. The normalized spacial score (nSPS) is 19.4. The van der Waals surface area contributed by atoms with Crippen LogP contribution < -0.4 is 14.8 Å². The summed E-state index contributed by atoms with van der Waals surface area (Å²) in [5, 5.41) is 4.50. The van der Waals surface area contributed by atoms with Crippen LogP contribution in [0, 0.1) is 12.8 Å². The van der Waals surface area contributed by atoms with Crippen LogP contribution >= 0.6 is 11.6 Å². The zero-order chi connectivity index (χ0) is 26.8. The molecular weight excluding hydrogens is 504 g/mol. The summed E-state index contributed by atoms with van der Waals surface area (Å²) >= 11 is 6.26. The fraction of sp³-hybridized carbons (Fsp3) is 0.206. The maximum absolute atomic E-state index is 6.26. The molecule has 0 aromatic heterocycles. The number of aliphatic imine (C=N–C) groups is 1. The average molecular weight is 535 g/mol. The van der Waals surface area contributed by atoms with Gasteiger partial charge < -0.3 is 14.8 Å². The lowest BCUT2D eigenvalue weighted by molar-refractivity contribution is 0.284. The third-order valence-corrected chi connectivity index (χ3v) is 8.03. The van der Waals surface area contributed by atoms with Gasteiger partial charge in [0, 0.05) is 28.4 Å². The van der Waals surface area contributed by atoms with Crippen molar-refractivity contribution < 1.29 is 9.47 Å². The fourth-order valence-electron chi connectivity index (χ4n) is 5.62.